The fraction of sp³-hybridized carbons (Fsp3) is 0.300. The van der Waals surface area contributed by atoms with Gasteiger partial charge in [0, 0.05) is 24.5 Å². The van der Waals surface area contributed by atoms with E-state index in [4.69, 9.17) is 0 Å². The van der Waals surface area contributed by atoms with Crippen LogP contribution < -0.4 is 10.6 Å². The molecule has 2 aromatic rings. The van der Waals surface area contributed by atoms with Gasteiger partial charge in [-0.1, -0.05) is 18.2 Å². The lowest BCUT2D eigenvalue weighted by molar-refractivity contribution is -0.115. The quantitative estimate of drug-likeness (QED) is 0.590. The highest BCUT2D eigenvalue weighted by Gasteiger charge is 2.28. The highest BCUT2D eigenvalue weighted by Crippen LogP contribution is 2.31. The average molecular weight is 354 g/mol. The Hall–Kier alpha value is -2.73. The molecule has 3 rings (SSSR count). The van der Waals surface area contributed by atoms with Gasteiger partial charge in [-0.15, -0.1) is 0 Å². The first-order valence-electron chi connectivity index (χ1n) is 8.67. The van der Waals surface area contributed by atoms with E-state index in [1.54, 1.807) is 18.3 Å². The standard InChI is InChI=1S/C20H23FN4O/c1-25(2)11-5-10-22-19-9-8-14(12-17(19)21)23-13-16-15-6-3-4-7-18(15)24-20(16)26/h3-4,6-9,12-13,16,22H,5,10-11H2,1-2H3,(H,24,26). The van der Waals surface area contributed by atoms with E-state index >= 15 is 0 Å². The minimum absolute atomic E-state index is 0.116. The lowest BCUT2D eigenvalue weighted by Crippen LogP contribution is -2.16. The van der Waals surface area contributed by atoms with Gasteiger partial charge in [0.25, 0.3) is 0 Å². The molecule has 1 heterocycles. The zero-order valence-corrected chi connectivity index (χ0v) is 15.0. The molecular weight excluding hydrogens is 331 g/mol. The smallest absolute Gasteiger partial charge is 0.237 e. The molecule has 6 heteroatoms. The van der Waals surface area contributed by atoms with E-state index in [0.29, 0.717) is 17.9 Å². The maximum absolute atomic E-state index is 14.2. The van der Waals surface area contributed by atoms with Crippen molar-refractivity contribution in [3.8, 4) is 0 Å². The molecule has 1 unspecified atom stereocenters. The third-order valence-electron chi connectivity index (χ3n) is 4.26. The molecule has 136 valence electrons. The molecule has 0 spiro atoms. The summed E-state index contributed by atoms with van der Waals surface area (Å²) < 4.78 is 14.2. The van der Waals surface area contributed by atoms with Gasteiger partial charge in [0.2, 0.25) is 5.91 Å². The molecule has 1 aliphatic rings. The molecule has 5 nitrogen and oxygen atoms in total. The Morgan fingerprint density at radius 1 is 1.27 bits per heavy atom. The number of nitrogens with one attached hydrogen (secondary N) is 2. The highest BCUT2D eigenvalue weighted by molar-refractivity contribution is 6.12. The molecule has 26 heavy (non-hydrogen) atoms. The molecule has 2 N–H and O–H groups in total. The number of fused-ring (bicyclic) bond motifs is 1. The van der Waals surface area contributed by atoms with Crippen LogP contribution in [-0.4, -0.2) is 44.2 Å². The Morgan fingerprint density at radius 3 is 2.85 bits per heavy atom. The molecule has 1 aliphatic heterocycles. The Labute approximate surface area is 152 Å². The fourth-order valence-corrected chi connectivity index (χ4v) is 2.89. The summed E-state index contributed by atoms with van der Waals surface area (Å²) in [4.78, 5) is 18.5. The van der Waals surface area contributed by atoms with Gasteiger partial charge in [-0.05, 0) is 50.8 Å². The van der Waals surface area contributed by atoms with Gasteiger partial charge in [-0.2, -0.15) is 0 Å². The Morgan fingerprint density at radius 2 is 2.08 bits per heavy atom. The first-order chi connectivity index (χ1) is 12.5. The average Bonchev–Trinajstić information content (AvgIpc) is 2.93. The van der Waals surface area contributed by atoms with Crippen LogP contribution in [0.3, 0.4) is 0 Å². The number of carbonyl (C=O) groups is 1. The van der Waals surface area contributed by atoms with Gasteiger partial charge in [0.15, 0.2) is 0 Å². The molecule has 0 fully saturated rings. The van der Waals surface area contributed by atoms with Crippen molar-refractivity contribution >= 4 is 29.2 Å². The van der Waals surface area contributed by atoms with Gasteiger partial charge in [-0.25, -0.2) is 4.39 Å². The predicted molar refractivity (Wildman–Crippen MR) is 104 cm³/mol. The van der Waals surface area contributed by atoms with E-state index < -0.39 is 5.92 Å². The van der Waals surface area contributed by atoms with Crippen LogP contribution in [0.25, 0.3) is 0 Å². The van der Waals surface area contributed by atoms with Crippen LogP contribution in [0.15, 0.2) is 47.5 Å². The fourth-order valence-electron chi connectivity index (χ4n) is 2.89. The van der Waals surface area contributed by atoms with E-state index in [1.807, 2.05) is 38.4 Å². The van der Waals surface area contributed by atoms with E-state index in [9.17, 15) is 9.18 Å². The van der Waals surface area contributed by atoms with E-state index in [0.717, 1.165) is 24.2 Å². The first-order valence-corrected chi connectivity index (χ1v) is 8.67. The number of amides is 1. The number of para-hydroxylation sites is 1. The first kappa shape index (κ1) is 18.1. The second-order valence-corrected chi connectivity index (χ2v) is 6.58. The molecule has 0 bridgehead atoms. The number of anilines is 2. The number of nitrogens with zero attached hydrogens (tertiary/aromatic N) is 2. The third-order valence-corrected chi connectivity index (χ3v) is 4.26. The number of hydrogen-bond acceptors (Lipinski definition) is 4. The summed E-state index contributed by atoms with van der Waals surface area (Å²) in [5.74, 6) is -0.909. The van der Waals surface area contributed by atoms with Gasteiger partial charge >= 0.3 is 0 Å². The van der Waals surface area contributed by atoms with Gasteiger partial charge in [-0.3, -0.25) is 9.79 Å². The molecule has 0 radical (unpaired) electrons. The lowest BCUT2D eigenvalue weighted by atomic mass is 10.0. The Kier molecular flexibility index (Phi) is 5.63. The van der Waals surface area contributed by atoms with Gasteiger partial charge in [0.05, 0.1) is 11.4 Å². The summed E-state index contributed by atoms with van der Waals surface area (Å²) in [6.45, 7) is 1.65. The molecule has 0 saturated carbocycles. The van der Waals surface area contributed by atoms with Crippen LogP contribution in [0.4, 0.5) is 21.5 Å². The maximum Gasteiger partial charge on any atom is 0.237 e. The Balaban J connectivity index is 1.64. The van der Waals surface area contributed by atoms with E-state index in [-0.39, 0.29) is 11.7 Å². The molecule has 0 saturated heterocycles. The van der Waals surface area contributed by atoms with Crippen molar-refractivity contribution in [2.75, 3.05) is 37.8 Å². The van der Waals surface area contributed by atoms with E-state index in [1.165, 1.54) is 6.07 Å². The normalized spacial score (nSPS) is 16.2. The summed E-state index contributed by atoms with van der Waals surface area (Å²) in [5, 5.41) is 5.92. The summed E-state index contributed by atoms with van der Waals surface area (Å²) in [5.41, 5.74) is 2.64. The summed E-state index contributed by atoms with van der Waals surface area (Å²) in [6, 6.07) is 12.3. The van der Waals surface area contributed by atoms with Crippen LogP contribution in [-0.2, 0) is 4.79 Å². The molecule has 0 aromatic heterocycles. The second kappa shape index (κ2) is 8.10. The second-order valence-electron chi connectivity index (χ2n) is 6.58. The molecular formula is C20H23FN4O. The molecule has 1 atom stereocenters. The third kappa shape index (κ3) is 4.26. The molecule has 2 aromatic carbocycles. The Bertz CT molecular complexity index is 819. The topological polar surface area (TPSA) is 56.7 Å². The minimum Gasteiger partial charge on any atom is -0.383 e. The number of halogens is 1. The number of aliphatic imine (C=N–C) groups is 1. The SMILES string of the molecule is CN(C)CCCNc1ccc(N=CC2C(=O)Nc3ccccc32)cc1F. The molecule has 1 amide bonds. The zero-order valence-electron chi connectivity index (χ0n) is 15.0. The van der Waals surface area contributed by atoms with Crippen LogP contribution in [0.5, 0.6) is 0 Å². The maximum atomic E-state index is 14.2. The lowest BCUT2D eigenvalue weighted by Gasteiger charge is -2.11. The zero-order chi connectivity index (χ0) is 18.5. The van der Waals surface area contributed by atoms with Crippen molar-refractivity contribution in [3.05, 3.63) is 53.8 Å². The summed E-state index contributed by atoms with van der Waals surface area (Å²) in [6.07, 6.45) is 2.50. The monoisotopic (exact) mass is 354 g/mol. The van der Waals surface area contributed by atoms with Crippen LogP contribution >= 0.6 is 0 Å². The van der Waals surface area contributed by atoms with Crippen molar-refractivity contribution in [2.24, 2.45) is 4.99 Å². The van der Waals surface area contributed by atoms with Crippen molar-refractivity contribution in [3.63, 3.8) is 0 Å². The van der Waals surface area contributed by atoms with Crippen molar-refractivity contribution < 1.29 is 9.18 Å². The van der Waals surface area contributed by atoms with Crippen LogP contribution in [0.1, 0.15) is 17.9 Å². The van der Waals surface area contributed by atoms with Crippen LogP contribution in [0.2, 0.25) is 0 Å². The minimum atomic E-state index is -0.446. The largest absolute Gasteiger partial charge is 0.383 e. The van der Waals surface area contributed by atoms with Gasteiger partial charge in [0.1, 0.15) is 11.7 Å². The predicted octanol–water partition coefficient (Wildman–Crippen LogP) is 3.63. The number of rotatable bonds is 7. The van der Waals surface area contributed by atoms with Gasteiger partial charge < -0.3 is 15.5 Å². The number of benzene rings is 2. The van der Waals surface area contributed by atoms with Crippen LogP contribution in [0, 0.1) is 5.82 Å². The summed E-state index contributed by atoms with van der Waals surface area (Å²) >= 11 is 0. The van der Waals surface area contributed by atoms with E-state index in [2.05, 4.69) is 20.5 Å². The molecule has 0 aliphatic carbocycles. The summed E-state index contributed by atoms with van der Waals surface area (Å²) in [7, 11) is 4.02. The number of hydrogen-bond donors (Lipinski definition) is 2. The van der Waals surface area contributed by atoms with Crippen molar-refractivity contribution in [1.29, 1.82) is 0 Å². The van der Waals surface area contributed by atoms with Crippen molar-refractivity contribution in [2.45, 2.75) is 12.3 Å². The highest BCUT2D eigenvalue weighted by atomic mass is 19.1. The van der Waals surface area contributed by atoms with Crippen molar-refractivity contribution in [1.82, 2.24) is 4.90 Å². The number of carbonyl (C=O) groups excluding carboxylic acids is 1.